The summed E-state index contributed by atoms with van der Waals surface area (Å²) in [5, 5.41) is 25.3. The fourth-order valence-electron chi connectivity index (χ4n) is 1.56. The Morgan fingerprint density at radius 3 is 2.80 bits per heavy atom. The van der Waals surface area contributed by atoms with Gasteiger partial charge in [-0.1, -0.05) is 6.92 Å². The van der Waals surface area contributed by atoms with Crippen molar-refractivity contribution >= 4 is 17.3 Å². The molecular weight excluding hydrogens is 260 g/mol. The zero-order chi connectivity index (χ0) is 15.1. The molecule has 1 unspecified atom stereocenters. The number of nitriles is 1. The molecule has 0 aliphatic heterocycles. The number of hydrogen-bond donors (Lipinski definition) is 2. The van der Waals surface area contributed by atoms with Gasteiger partial charge in [0.1, 0.15) is 12.1 Å². The van der Waals surface area contributed by atoms with Crippen molar-refractivity contribution in [1.82, 2.24) is 5.32 Å². The fourth-order valence-corrected chi connectivity index (χ4v) is 1.56. The van der Waals surface area contributed by atoms with Crippen molar-refractivity contribution in [2.45, 2.75) is 26.3 Å². The lowest BCUT2D eigenvalue weighted by Crippen LogP contribution is -2.38. The van der Waals surface area contributed by atoms with Gasteiger partial charge in [0.15, 0.2) is 0 Å². The predicted molar refractivity (Wildman–Crippen MR) is 74.2 cm³/mol. The largest absolute Gasteiger partial charge is 0.373 e. The summed E-state index contributed by atoms with van der Waals surface area (Å²) in [4.78, 5) is 21.8. The van der Waals surface area contributed by atoms with Crippen LogP contribution in [-0.2, 0) is 4.79 Å². The average molecular weight is 276 g/mol. The van der Waals surface area contributed by atoms with Crippen LogP contribution in [0.25, 0.3) is 0 Å². The number of rotatable bonds is 6. The second-order valence-corrected chi connectivity index (χ2v) is 4.26. The fraction of sp³-hybridized carbons (Fsp3) is 0.385. The molecule has 1 aromatic rings. The van der Waals surface area contributed by atoms with Gasteiger partial charge in [-0.3, -0.25) is 14.9 Å². The summed E-state index contributed by atoms with van der Waals surface area (Å²) < 4.78 is 0. The van der Waals surface area contributed by atoms with Gasteiger partial charge in [-0.15, -0.1) is 0 Å². The molecule has 7 nitrogen and oxygen atoms in total. The highest BCUT2D eigenvalue weighted by Crippen LogP contribution is 2.21. The Morgan fingerprint density at radius 1 is 1.55 bits per heavy atom. The van der Waals surface area contributed by atoms with E-state index in [0.29, 0.717) is 12.2 Å². The molecule has 0 spiro atoms. The molecule has 0 bridgehead atoms. The van der Waals surface area contributed by atoms with Gasteiger partial charge in [0.2, 0.25) is 5.91 Å². The van der Waals surface area contributed by atoms with Crippen LogP contribution >= 0.6 is 0 Å². The number of anilines is 1. The molecule has 0 aliphatic carbocycles. The van der Waals surface area contributed by atoms with Gasteiger partial charge >= 0.3 is 0 Å². The standard InChI is InChI=1S/C13H16N4O3/c1-3-6-15-13(18)9(2)16-12-5-4-11(17(19)20)7-10(12)8-14/h4-5,7,9,16H,3,6H2,1-2H3,(H,15,18). The quantitative estimate of drug-likeness (QED) is 0.608. The van der Waals surface area contributed by atoms with Crippen LogP contribution in [0.4, 0.5) is 11.4 Å². The summed E-state index contributed by atoms with van der Waals surface area (Å²) in [5.74, 6) is -0.186. The zero-order valence-corrected chi connectivity index (χ0v) is 11.3. The van der Waals surface area contributed by atoms with Crippen LogP contribution in [0.1, 0.15) is 25.8 Å². The SMILES string of the molecule is CCCNC(=O)C(C)Nc1ccc([N+](=O)[O-])cc1C#N. The molecule has 1 aromatic carbocycles. The number of nitrogens with one attached hydrogen (secondary N) is 2. The van der Waals surface area contributed by atoms with E-state index in [1.54, 1.807) is 6.92 Å². The molecule has 0 aliphatic rings. The molecule has 1 rings (SSSR count). The van der Waals surface area contributed by atoms with E-state index in [2.05, 4.69) is 10.6 Å². The number of non-ortho nitro benzene ring substituents is 1. The number of nitro benzene ring substituents is 1. The first-order valence-electron chi connectivity index (χ1n) is 6.22. The maximum Gasteiger partial charge on any atom is 0.270 e. The predicted octanol–water partition coefficient (Wildman–Crippen LogP) is 1.79. The van der Waals surface area contributed by atoms with Crippen LogP contribution < -0.4 is 10.6 Å². The Bertz CT molecular complexity index is 551. The van der Waals surface area contributed by atoms with E-state index in [-0.39, 0.29) is 17.2 Å². The number of benzene rings is 1. The van der Waals surface area contributed by atoms with Crippen molar-refractivity contribution in [2.24, 2.45) is 0 Å². The number of carbonyl (C=O) groups is 1. The van der Waals surface area contributed by atoms with E-state index in [0.717, 1.165) is 6.42 Å². The monoisotopic (exact) mass is 276 g/mol. The molecule has 106 valence electrons. The van der Waals surface area contributed by atoms with Gasteiger partial charge < -0.3 is 10.6 Å². The maximum atomic E-state index is 11.7. The van der Waals surface area contributed by atoms with Gasteiger partial charge in [-0.2, -0.15) is 5.26 Å². The number of nitrogens with zero attached hydrogens (tertiary/aromatic N) is 2. The lowest BCUT2D eigenvalue weighted by Gasteiger charge is -2.15. The van der Waals surface area contributed by atoms with Crippen LogP contribution in [0.15, 0.2) is 18.2 Å². The normalized spacial score (nSPS) is 11.2. The summed E-state index contributed by atoms with van der Waals surface area (Å²) in [5.41, 5.74) is 0.377. The Balaban J connectivity index is 2.85. The third-order valence-corrected chi connectivity index (χ3v) is 2.65. The minimum Gasteiger partial charge on any atom is -0.373 e. The van der Waals surface area contributed by atoms with E-state index in [9.17, 15) is 14.9 Å². The Kier molecular flexibility index (Phi) is 5.47. The van der Waals surface area contributed by atoms with Crippen molar-refractivity contribution in [3.63, 3.8) is 0 Å². The van der Waals surface area contributed by atoms with E-state index < -0.39 is 11.0 Å². The summed E-state index contributed by atoms with van der Waals surface area (Å²) in [7, 11) is 0. The molecule has 0 fully saturated rings. The molecule has 2 N–H and O–H groups in total. The van der Waals surface area contributed by atoms with Gasteiger partial charge in [-0.05, 0) is 19.4 Å². The van der Waals surface area contributed by atoms with Crippen molar-refractivity contribution < 1.29 is 9.72 Å². The summed E-state index contributed by atoms with van der Waals surface area (Å²) in [6.07, 6.45) is 0.833. The van der Waals surface area contributed by atoms with Crippen molar-refractivity contribution in [3.05, 3.63) is 33.9 Å². The van der Waals surface area contributed by atoms with Gasteiger partial charge in [0, 0.05) is 18.7 Å². The Hall–Kier alpha value is -2.62. The smallest absolute Gasteiger partial charge is 0.270 e. The second kappa shape index (κ2) is 7.09. The van der Waals surface area contributed by atoms with Gasteiger partial charge in [0.05, 0.1) is 16.2 Å². The molecule has 1 amide bonds. The number of amides is 1. The highest BCUT2D eigenvalue weighted by atomic mass is 16.6. The molecular formula is C13H16N4O3. The zero-order valence-electron chi connectivity index (χ0n) is 11.3. The lowest BCUT2D eigenvalue weighted by atomic mass is 10.1. The molecule has 20 heavy (non-hydrogen) atoms. The van der Waals surface area contributed by atoms with Gasteiger partial charge in [0.25, 0.3) is 5.69 Å². The topological polar surface area (TPSA) is 108 Å². The van der Waals surface area contributed by atoms with E-state index in [1.807, 2.05) is 13.0 Å². The Morgan fingerprint density at radius 2 is 2.25 bits per heavy atom. The minimum absolute atomic E-state index is 0.134. The number of hydrogen-bond acceptors (Lipinski definition) is 5. The first-order chi connectivity index (χ1) is 9.49. The van der Waals surface area contributed by atoms with Crippen LogP contribution in [0.2, 0.25) is 0 Å². The number of nitro groups is 1. The van der Waals surface area contributed by atoms with Crippen LogP contribution in [0, 0.1) is 21.4 Å². The number of carbonyl (C=O) groups excluding carboxylic acids is 1. The highest BCUT2D eigenvalue weighted by molar-refractivity contribution is 5.84. The second-order valence-electron chi connectivity index (χ2n) is 4.26. The highest BCUT2D eigenvalue weighted by Gasteiger charge is 2.16. The van der Waals surface area contributed by atoms with Crippen molar-refractivity contribution in [1.29, 1.82) is 5.26 Å². The third-order valence-electron chi connectivity index (χ3n) is 2.65. The van der Waals surface area contributed by atoms with Gasteiger partial charge in [-0.25, -0.2) is 0 Å². The summed E-state index contributed by atoms with van der Waals surface area (Å²) in [6, 6.07) is 5.25. The van der Waals surface area contributed by atoms with E-state index in [4.69, 9.17) is 5.26 Å². The Labute approximate surface area is 116 Å². The molecule has 0 aromatic heterocycles. The van der Waals surface area contributed by atoms with Crippen LogP contribution in [-0.4, -0.2) is 23.4 Å². The van der Waals surface area contributed by atoms with Crippen LogP contribution in [0.3, 0.4) is 0 Å². The van der Waals surface area contributed by atoms with E-state index in [1.165, 1.54) is 18.2 Å². The molecule has 7 heteroatoms. The molecule has 0 saturated carbocycles. The summed E-state index contributed by atoms with van der Waals surface area (Å²) in [6.45, 7) is 4.19. The average Bonchev–Trinajstić information content (AvgIpc) is 2.44. The van der Waals surface area contributed by atoms with Crippen LogP contribution in [0.5, 0.6) is 0 Å². The van der Waals surface area contributed by atoms with Crippen molar-refractivity contribution in [2.75, 3.05) is 11.9 Å². The molecule has 0 radical (unpaired) electrons. The first kappa shape index (κ1) is 15.4. The molecule has 0 saturated heterocycles. The molecule has 0 heterocycles. The summed E-state index contributed by atoms with van der Waals surface area (Å²) >= 11 is 0. The first-order valence-corrected chi connectivity index (χ1v) is 6.22. The van der Waals surface area contributed by atoms with E-state index >= 15 is 0 Å². The molecule has 1 atom stereocenters. The maximum absolute atomic E-state index is 11.7. The van der Waals surface area contributed by atoms with Crippen molar-refractivity contribution in [3.8, 4) is 6.07 Å². The minimum atomic E-state index is -0.567. The third kappa shape index (κ3) is 3.95. The lowest BCUT2D eigenvalue weighted by molar-refractivity contribution is -0.384.